The molecule has 1 aliphatic carbocycles. The molecule has 1 saturated carbocycles. The van der Waals surface area contributed by atoms with E-state index in [2.05, 4.69) is 13.8 Å². The van der Waals surface area contributed by atoms with E-state index in [-0.39, 0.29) is 5.60 Å². The summed E-state index contributed by atoms with van der Waals surface area (Å²) in [5, 5.41) is 9.95. The molecule has 0 aromatic rings. The minimum Gasteiger partial charge on any atom is -0.390 e. The quantitative estimate of drug-likeness (QED) is 0.595. The molecule has 0 bridgehead atoms. The second-order valence-corrected chi connectivity index (χ2v) is 3.82. The van der Waals surface area contributed by atoms with E-state index in [0.717, 1.165) is 12.8 Å². The Kier molecular flexibility index (Phi) is 2.35. The van der Waals surface area contributed by atoms with Gasteiger partial charge in [0.1, 0.15) is 0 Å². The van der Waals surface area contributed by atoms with Crippen molar-refractivity contribution in [2.45, 2.75) is 51.6 Å². The molecule has 1 N–H and O–H groups in total. The summed E-state index contributed by atoms with van der Waals surface area (Å²) in [6, 6.07) is 0. The van der Waals surface area contributed by atoms with E-state index in [1.165, 1.54) is 19.3 Å². The Morgan fingerprint density at radius 2 is 1.60 bits per heavy atom. The molecule has 60 valence electrons. The first-order valence-corrected chi connectivity index (χ1v) is 4.37. The van der Waals surface area contributed by atoms with Crippen molar-refractivity contribution in [3.05, 3.63) is 0 Å². The van der Waals surface area contributed by atoms with E-state index >= 15 is 0 Å². The molecule has 1 heteroatoms. The van der Waals surface area contributed by atoms with Crippen LogP contribution in [-0.4, -0.2) is 10.7 Å². The number of hydrogen-bond acceptors (Lipinski definition) is 1. The maximum Gasteiger partial charge on any atom is 0.0670 e. The van der Waals surface area contributed by atoms with Crippen LogP contribution in [0.1, 0.15) is 46.0 Å². The van der Waals surface area contributed by atoms with Crippen molar-refractivity contribution in [3.63, 3.8) is 0 Å². The van der Waals surface area contributed by atoms with Crippen LogP contribution in [0, 0.1) is 5.92 Å². The maximum absolute atomic E-state index is 9.95. The number of hydrogen-bond donors (Lipinski definition) is 1. The average molecular weight is 142 g/mol. The van der Waals surface area contributed by atoms with Crippen LogP contribution < -0.4 is 0 Å². The van der Waals surface area contributed by atoms with Crippen LogP contribution in [0.2, 0.25) is 0 Å². The van der Waals surface area contributed by atoms with E-state index in [0.29, 0.717) is 5.92 Å². The smallest absolute Gasteiger partial charge is 0.0670 e. The van der Waals surface area contributed by atoms with Gasteiger partial charge in [-0.3, -0.25) is 0 Å². The second kappa shape index (κ2) is 2.91. The molecule has 0 atom stereocenters. The Balaban J connectivity index is 2.48. The first-order chi connectivity index (χ1) is 4.65. The van der Waals surface area contributed by atoms with Gasteiger partial charge in [-0.2, -0.15) is 0 Å². The molecular weight excluding hydrogens is 124 g/mol. The van der Waals surface area contributed by atoms with Crippen LogP contribution in [0.5, 0.6) is 0 Å². The highest BCUT2D eigenvalue weighted by molar-refractivity contribution is 4.84. The molecule has 0 amide bonds. The standard InChI is InChI=1S/C9H18O/c1-8(2)9(10)6-4-3-5-7-9/h8,10H,3-7H2,1-2H3. The number of rotatable bonds is 1. The Hall–Kier alpha value is -0.0400. The maximum atomic E-state index is 9.95. The average Bonchev–Trinajstić information content (AvgIpc) is 1.89. The van der Waals surface area contributed by atoms with Crippen LogP contribution in [0.15, 0.2) is 0 Å². The van der Waals surface area contributed by atoms with Gasteiger partial charge in [0, 0.05) is 0 Å². The van der Waals surface area contributed by atoms with E-state index in [9.17, 15) is 5.11 Å². The Labute approximate surface area is 63.4 Å². The zero-order valence-electron chi connectivity index (χ0n) is 7.06. The van der Waals surface area contributed by atoms with Crippen molar-refractivity contribution in [3.8, 4) is 0 Å². The molecule has 0 aliphatic heterocycles. The number of aliphatic hydroxyl groups is 1. The Morgan fingerprint density at radius 1 is 1.10 bits per heavy atom. The van der Waals surface area contributed by atoms with Crippen molar-refractivity contribution < 1.29 is 5.11 Å². The van der Waals surface area contributed by atoms with Crippen LogP contribution >= 0.6 is 0 Å². The van der Waals surface area contributed by atoms with Crippen LogP contribution in [0.3, 0.4) is 0 Å². The zero-order valence-corrected chi connectivity index (χ0v) is 7.06. The molecule has 1 nitrogen and oxygen atoms in total. The molecule has 1 fully saturated rings. The lowest BCUT2D eigenvalue weighted by molar-refractivity contribution is -0.0368. The van der Waals surface area contributed by atoms with Gasteiger partial charge in [0.15, 0.2) is 0 Å². The molecule has 0 spiro atoms. The predicted molar refractivity (Wildman–Crippen MR) is 42.9 cm³/mol. The summed E-state index contributed by atoms with van der Waals surface area (Å²) in [5.41, 5.74) is -0.321. The lowest BCUT2D eigenvalue weighted by Gasteiger charge is -2.35. The van der Waals surface area contributed by atoms with Gasteiger partial charge in [-0.05, 0) is 18.8 Å². The highest BCUT2D eigenvalue weighted by atomic mass is 16.3. The van der Waals surface area contributed by atoms with Gasteiger partial charge in [-0.1, -0.05) is 33.1 Å². The van der Waals surface area contributed by atoms with E-state index < -0.39 is 0 Å². The van der Waals surface area contributed by atoms with Crippen molar-refractivity contribution in [2.24, 2.45) is 5.92 Å². The lowest BCUT2D eigenvalue weighted by Crippen LogP contribution is -2.36. The molecule has 0 aromatic heterocycles. The summed E-state index contributed by atoms with van der Waals surface area (Å²) in [4.78, 5) is 0. The third kappa shape index (κ3) is 1.51. The van der Waals surface area contributed by atoms with Gasteiger partial charge in [0.25, 0.3) is 0 Å². The Morgan fingerprint density at radius 3 is 1.90 bits per heavy atom. The topological polar surface area (TPSA) is 20.2 Å². The fraction of sp³-hybridized carbons (Fsp3) is 1.00. The van der Waals surface area contributed by atoms with E-state index in [1.807, 2.05) is 0 Å². The van der Waals surface area contributed by atoms with E-state index in [4.69, 9.17) is 0 Å². The molecule has 10 heavy (non-hydrogen) atoms. The normalized spacial score (nSPS) is 25.2. The lowest BCUT2D eigenvalue weighted by atomic mass is 9.77. The highest BCUT2D eigenvalue weighted by Crippen LogP contribution is 2.33. The summed E-state index contributed by atoms with van der Waals surface area (Å²) in [6.45, 7) is 4.23. The minimum atomic E-state index is -0.321. The van der Waals surface area contributed by atoms with Crippen LogP contribution in [-0.2, 0) is 0 Å². The molecule has 0 unspecified atom stereocenters. The Bertz CT molecular complexity index is 101. The van der Waals surface area contributed by atoms with Crippen LogP contribution in [0.25, 0.3) is 0 Å². The van der Waals surface area contributed by atoms with Crippen molar-refractivity contribution in [1.82, 2.24) is 0 Å². The van der Waals surface area contributed by atoms with Gasteiger partial charge in [0.2, 0.25) is 0 Å². The summed E-state index contributed by atoms with van der Waals surface area (Å²) in [5.74, 6) is 0.438. The molecule has 0 aromatic carbocycles. The summed E-state index contributed by atoms with van der Waals surface area (Å²) < 4.78 is 0. The fourth-order valence-corrected chi connectivity index (χ4v) is 1.74. The van der Waals surface area contributed by atoms with Gasteiger partial charge in [-0.25, -0.2) is 0 Å². The molecule has 0 radical (unpaired) electrons. The van der Waals surface area contributed by atoms with Crippen LogP contribution in [0.4, 0.5) is 0 Å². The highest BCUT2D eigenvalue weighted by Gasteiger charge is 2.31. The zero-order chi connectivity index (χ0) is 7.61. The third-order valence-electron chi connectivity index (χ3n) is 2.79. The summed E-state index contributed by atoms with van der Waals surface area (Å²) in [6.07, 6.45) is 5.79. The minimum absolute atomic E-state index is 0.321. The van der Waals surface area contributed by atoms with Gasteiger partial charge in [-0.15, -0.1) is 0 Å². The van der Waals surface area contributed by atoms with Gasteiger partial charge >= 0.3 is 0 Å². The predicted octanol–water partition coefficient (Wildman–Crippen LogP) is 2.34. The largest absolute Gasteiger partial charge is 0.390 e. The van der Waals surface area contributed by atoms with Gasteiger partial charge < -0.3 is 5.11 Å². The van der Waals surface area contributed by atoms with Crippen molar-refractivity contribution in [2.75, 3.05) is 0 Å². The van der Waals surface area contributed by atoms with E-state index in [1.54, 1.807) is 0 Å². The molecule has 0 saturated heterocycles. The second-order valence-electron chi connectivity index (χ2n) is 3.82. The summed E-state index contributed by atoms with van der Waals surface area (Å²) >= 11 is 0. The van der Waals surface area contributed by atoms with Crippen molar-refractivity contribution in [1.29, 1.82) is 0 Å². The first kappa shape index (κ1) is 8.06. The third-order valence-corrected chi connectivity index (χ3v) is 2.79. The monoisotopic (exact) mass is 142 g/mol. The van der Waals surface area contributed by atoms with Gasteiger partial charge in [0.05, 0.1) is 5.60 Å². The van der Waals surface area contributed by atoms with Crippen molar-refractivity contribution >= 4 is 0 Å². The molecule has 1 rings (SSSR count). The summed E-state index contributed by atoms with van der Waals surface area (Å²) in [7, 11) is 0. The molecular formula is C9H18O. The molecule has 0 heterocycles. The molecule has 1 aliphatic rings. The fourth-order valence-electron chi connectivity index (χ4n) is 1.74. The first-order valence-electron chi connectivity index (χ1n) is 4.37. The SMILES string of the molecule is CC(C)C1(O)CCCCC1.